The fraction of sp³-hybridized carbons (Fsp3) is 0.600. The maximum absolute atomic E-state index is 6.58. The molecule has 19 heavy (non-hydrogen) atoms. The highest BCUT2D eigenvalue weighted by molar-refractivity contribution is 6.32. The Labute approximate surface area is 120 Å². The van der Waals surface area contributed by atoms with Gasteiger partial charge in [0.15, 0.2) is 11.5 Å². The zero-order valence-electron chi connectivity index (χ0n) is 11.9. The highest BCUT2D eigenvalue weighted by atomic mass is 35.5. The Balaban J connectivity index is 2.68. The van der Waals surface area contributed by atoms with Gasteiger partial charge in [0.05, 0.1) is 19.2 Å². The number of rotatable bonds is 4. The van der Waals surface area contributed by atoms with Crippen molar-refractivity contribution < 1.29 is 9.47 Å². The molecule has 3 nitrogen and oxygen atoms in total. The van der Waals surface area contributed by atoms with E-state index in [1.165, 1.54) is 0 Å². The first-order chi connectivity index (χ1) is 9.07. The molecule has 0 amide bonds. The van der Waals surface area contributed by atoms with Gasteiger partial charge in [0.2, 0.25) is 0 Å². The van der Waals surface area contributed by atoms with E-state index in [4.69, 9.17) is 26.8 Å². The van der Waals surface area contributed by atoms with Crippen LogP contribution in [-0.2, 0) is 12.0 Å². The molecule has 1 saturated carbocycles. The molecule has 0 atom stereocenters. The molecule has 106 valence electrons. The van der Waals surface area contributed by atoms with E-state index < -0.39 is 0 Å². The SMILES string of the molecule is CCc1cc(OC)c(OC)c(C2(N)CCCC2)c1Cl. The van der Waals surface area contributed by atoms with E-state index in [0.717, 1.165) is 54.0 Å². The molecule has 0 radical (unpaired) electrons. The molecule has 1 aliphatic rings. The summed E-state index contributed by atoms with van der Waals surface area (Å²) in [5, 5.41) is 0.740. The summed E-state index contributed by atoms with van der Waals surface area (Å²) in [6.45, 7) is 2.08. The van der Waals surface area contributed by atoms with Crippen LogP contribution in [0.4, 0.5) is 0 Å². The number of nitrogens with two attached hydrogens (primary N) is 1. The van der Waals surface area contributed by atoms with Gasteiger partial charge in [0, 0.05) is 11.1 Å². The van der Waals surface area contributed by atoms with E-state index in [2.05, 4.69) is 6.92 Å². The molecule has 1 aromatic carbocycles. The highest BCUT2D eigenvalue weighted by Gasteiger charge is 2.37. The smallest absolute Gasteiger partial charge is 0.167 e. The highest BCUT2D eigenvalue weighted by Crippen LogP contribution is 2.48. The van der Waals surface area contributed by atoms with Crippen LogP contribution in [-0.4, -0.2) is 14.2 Å². The number of benzene rings is 1. The molecular formula is C15H22ClNO2. The summed E-state index contributed by atoms with van der Waals surface area (Å²) >= 11 is 6.58. The minimum atomic E-state index is -0.388. The zero-order chi connectivity index (χ0) is 14.0. The molecule has 0 heterocycles. The monoisotopic (exact) mass is 283 g/mol. The number of methoxy groups -OCH3 is 2. The van der Waals surface area contributed by atoms with Gasteiger partial charge in [-0.2, -0.15) is 0 Å². The van der Waals surface area contributed by atoms with E-state index in [9.17, 15) is 0 Å². The molecule has 0 aromatic heterocycles. The Morgan fingerprint density at radius 1 is 1.26 bits per heavy atom. The van der Waals surface area contributed by atoms with Crippen molar-refractivity contribution in [1.29, 1.82) is 0 Å². The molecule has 1 fully saturated rings. The van der Waals surface area contributed by atoms with Crippen LogP contribution in [0.3, 0.4) is 0 Å². The van der Waals surface area contributed by atoms with E-state index in [0.29, 0.717) is 5.75 Å². The van der Waals surface area contributed by atoms with Crippen molar-refractivity contribution in [3.05, 3.63) is 22.2 Å². The lowest BCUT2D eigenvalue weighted by atomic mass is 9.86. The van der Waals surface area contributed by atoms with Gasteiger partial charge in [-0.15, -0.1) is 0 Å². The van der Waals surface area contributed by atoms with Crippen LogP contribution >= 0.6 is 11.6 Å². The molecule has 0 saturated heterocycles. The van der Waals surface area contributed by atoms with Gasteiger partial charge in [-0.3, -0.25) is 0 Å². The van der Waals surface area contributed by atoms with E-state index in [1.807, 2.05) is 6.07 Å². The summed E-state index contributed by atoms with van der Waals surface area (Å²) in [7, 11) is 3.29. The normalized spacial score (nSPS) is 17.5. The Morgan fingerprint density at radius 2 is 1.89 bits per heavy atom. The fourth-order valence-electron chi connectivity index (χ4n) is 2.98. The minimum absolute atomic E-state index is 0.388. The summed E-state index contributed by atoms with van der Waals surface area (Å²) in [6.07, 6.45) is 5.00. The molecule has 0 unspecified atom stereocenters. The fourth-order valence-corrected chi connectivity index (χ4v) is 3.44. The van der Waals surface area contributed by atoms with Crippen molar-refractivity contribution in [2.24, 2.45) is 5.73 Å². The lowest BCUT2D eigenvalue weighted by molar-refractivity contribution is 0.337. The molecule has 4 heteroatoms. The standard InChI is InChI=1S/C15H22ClNO2/c1-4-10-9-11(18-2)14(19-3)12(13(10)16)15(17)7-5-6-8-15/h9H,4-8,17H2,1-3H3. The number of hydrogen-bond donors (Lipinski definition) is 1. The van der Waals surface area contributed by atoms with Gasteiger partial charge in [0.25, 0.3) is 0 Å². The number of halogens is 1. The topological polar surface area (TPSA) is 44.5 Å². The summed E-state index contributed by atoms with van der Waals surface area (Å²) < 4.78 is 11.0. The second-order valence-corrected chi connectivity index (χ2v) is 5.55. The van der Waals surface area contributed by atoms with Gasteiger partial charge in [0.1, 0.15) is 0 Å². The van der Waals surface area contributed by atoms with Crippen molar-refractivity contribution in [3.63, 3.8) is 0 Å². The van der Waals surface area contributed by atoms with Gasteiger partial charge >= 0.3 is 0 Å². The molecule has 2 N–H and O–H groups in total. The molecule has 0 spiro atoms. The van der Waals surface area contributed by atoms with Crippen molar-refractivity contribution in [2.45, 2.75) is 44.6 Å². The predicted molar refractivity (Wildman–Crippen MR) is 78.3 cm³/mol. The average molecular weight is 284 g/mol. The third-order valence-corrected chi connectivity index (χ3v) is 4.49. The third kappa shape index (κ3) is 2.41. The average Bonchev–Trinajstić information content (AvgIpc) is 2.85. The molecular weight excluding hydrogens is 262 g/mol. The van der Waals surface area contributed by atoms with Gasteiger partial charge in [-0.25, -0.2) is 0 Å². The summed E-state index contributed by atoms with van der Waals surface area (Å²) in [4.78, 5) is 0. The molecule has 2 rings (SSSR count). The number of aryl methyl sites for hydroxylation is 1. The van der Waals surface area contributed by atoms with Gasteiger partial charge in [-0.05, 0) is 30.9 Å². The van der Waals surface area contributed by atoms with E-state index in [-0.39, 0.29) is 5.54 Å². The largest absolute Gasteiger partial charge is 0.493 e. The maximum atomic E-state index is 6.58. The van der Waals surface area contributed by atoms with Crippen LogP contribution in [0.2, 0.25) is 5.02 Å². The second kappa shape index (κ2) is 5.59. The van der Waals surface area contributed by atoms with Crippen molar-refractivity contribution in [2.75, 3.05) is 14.2 Å². The van der Waals surface area contributed by atoms with E-state index in [1.54, 1.807) is 14.2 Å². The van der Waals surface area contributed by atoms with Crippen LogP contribution in [0.5, 0.6) is 11.5 Å². The first-order valence-electron chi connectivity index (χ1n) is 6.80. The minimum Gasteiger partial charge on any atom is -0.493 e. The molecule has 0 aliphatic heterocycles. The van der Waals surface area contributed by atoms with Crippen LogP contribution < -0.4 is 15.2 Å². The van der Waals surface area contributed by atoms with Crippen LogP contribution in [0, 0.1) is 0 Å². The molecule has 1 aromatic rings. The quantitative estimate of drug-likeness (QED) is 0.917. The number of hydrogen-bond acceptors (Lipinski definition) is 3. The van der Waals surface area contributed by atoms with Crippen molar-refractivity contribution >= 4 is 11.6 Å². The summed E-state index contributed by atoms with van der Waals surface area (Å²) in [5.41, 5.74) is 8.18. The Morgan fingerprint density at radius 3 is 2.37 bits per heavy atom. The molecule has 0 bridgehead atoms. The van der Waals surface area contributed by atoms with E-state index >= 15 is 0 Å². The number of ether oxygens (including phenoxy) is 2. The van der Waals surface area contributed by atoms with Crippen molar-refractivity contribution in [3.8, 4) is 11.5 Å². The Kier molecular flexibility index (Phi) is 4.26. The molecule has 1 aliphatic carbocycles. The van der Waals surface area contributed by atoms with Crippen LogP contribution in [0.15, 0.2) is 6.07 Å². The zero-order valence-corrected chi connectivity index (χ0v) is 12.6. The third-order valence-electron chi connectivity index (χ3n) is 4.06. The van der Waals surface area contributed by atoms with Gasteiger partial charge < -0.3 is 15.2 Å². The second-order valence-electron chi connectivity index (χ2n) is 5.18. The van der Waals surface area contributed by atoms with Crippen LogP contribution in [0.1, 0.15) is 43.7 Å². The first-order valence-corrected chi connectivity index (χ1v) is 7.18. The first kappa shape index (κ1) is 14.5. The van der Waals surface area contributed by atoms with Crippen molar-refractivity contribution in [1.82, 2.24) is 0 Å². The predicted octanol–water partition coefficient (Wildman–Crippen LogP) is 3.65. The van der Waals surface area contributed by atoms with Gasteiger partial charge in [-0.1, -0.05) is 31.4 Å². The Bertz CT molecular complexity index is 468. The van der Waals surface area contributed by atoms with Crippen LogP contribution in [0.25, 0.3) is 0 Å². The summed E-state index contributed by atoms with van der Waals surface area (Å²) in [5.74, 6) is 1.41. The lowest BCUT2D eigenvalue weighted by Gasteiger charge is -2.29. The summed E-state index contributed by atoms with van der Waals surface area (Å²) in [6, 6.07) is 1.95. The lowest BCUT2D eigenvalue weighted by Crippen LogP contribution is -2.34. The Hall–Kier alpha value is -0.930. The maximum Gasteiger partial charge on any atom is 0.167 e.